The summed E-state index contributed by atoms with van der Waals surface area (Å²) >= 11 is 0. The number of carboxylic acids is 1. The smallest absolute Gasteiger partial charge is 0.475 e. The highest BCUT2D eigenvalue weighted by atomic mass is 19.4. The normalized spacial score (nSPS) is 15.4. The van der Waals surface area contributed by atoms with Crippen LogP contribution in [0.1, 0.15) is 45.7 Å². The highest BCUT2D eigenvalue weighted by molar-refractivity contribution is 5.99. The van der Waals surface area contributed by atoms with Crippen LogP contribution in [0.3, 0.4) is 0 Å². The van der Waals surface area contributed by atoms with E-state index in [1.807, 2.05) is 18.2 Å². The Labute approximate surface area is 235 Å². The van der Waals surface area contributed by atoms with Crippen molar-refractivity contribution in [3.05, 3.63) is 94.8 Å². The number of amides is 1. The van der Waals surface area contributed by atoms with Crippen molar-refractivity contribution in [1.29, 1.82) is 0 Å². The van der Waals surface area contributed by atoms with Crippen LogP contribution in [0.5, 0.6) is 0 Å². The quantitative estimate of drug-likeness (QED) is 0.270. The number of carboxylic acid groups (broad SMARTS) is 1. The maximum atomic E-state index is 14.7. The maximum Gasteiger partial charge on any atom is 0.490 e. The summed E-state index contributed by atoms with van der Waals surface area (Å²) in [5.41, 5.74) is 4.20. The van der Waals surface area contributed by atoms with Gasteiger partial charge in [-0.05, 0) is 60.9 Å². The Morgan fingerprint density at radius 2 is 1.68 bits per heavy atom. The molecule has 4 rings (SSSR count). The first-order chi connectivity index (χ1) is 19.3. The molecule has 0 unspecified atom stereocenters. The van der Waals surface area contributed by atoms with Crippen molar-refractivity contribution in [2.24, 2.45) is 0 Å². The third-order valence-electron chi connectivity index (χ3n) is 6.35. The van der Waals surface area contributed by atoms with Gasteiger partial charge in [0, 0.05) is 55.5 Å². The highest BCUT2D eigenvalue weighted by Gasteiger charge is 2.38. The van der Waals surface area contributed by atoms with Gasteiger partial charge in [0.25, 0.3) is 5.91 Å². The number of hydrogen-bond acceptors (Lipinski definition) is 5. The van der Waals surface area contributed by atoms with Gasteiger partial charge < -0.3 is 15.7 Å². The first kappa shape index (κ1) is 31.4. The highest BCUT2D eigenvalue weighted by Crippen LogP contribution is 2.26. The van der Waals surface area contributed by atoms with Gasteiger partial charge in [-0.25, -0.2) is 9.18 Å². The second kappa shape index (κ2) is 14.0. The van der Waals surface area contributed by atoms with Crippen LogP contribution in [0.2, 0.25) is 0 Å². The molecular weight excluding hydrogens is 542 g/mol. The third-order valence-corrected chi connectivity index (χ3v) is 6.35. The Hall–Kier alpha value is -4.09. The largest absolute Gasteiger partial charge is 0.490 e. The van der Waals surface area contributed by atoms with Crippen LogP contribution < -0.4 is 10.6 Å². The molecule has 41 heavy (non-hydrogen) atoms. The van der Waals surface area contributed by atoms with E-state index in [9.17, 15) is 27.2 Å². The summed E-state index contributed by atoms with van der Waals surface area (Å²) in [5, 5.41) is 13.4. The van der Waals surface area contributed by atoms with E-state index in [-0.39, 0.29) is 24.1 Å². The van der Waals surface area contributed by atoms with Gasteiger partial charge in [0.2, 0.25) is 0 Å². The van der Waals surface area contributed by atoms with E-state index >= 15 is 0 Å². The molecule has 3 aromatic carbocycles. The van der Waals surface area contributed by atoms with Crippen molar-refractivity contribution in [1.82, 2.24) is 15.5 Å². The first-order valence-corrected chi connectivity index (χ1v) is 12.9. The molecule has 3 aromatic rings. The van der Waals surface area contributed by atoms with E-state index in [0.29, 0.717) is 22.7 Å². The summed E-state index contributed by atoms with van der Waals surface area (Å²) in [4.78, 5) is 35.4. The number of aliphatic carboxylic acids is 1. The van der Waals surface area contributed by atoms with Crippen molar-refractivity contribution >= 4 is 17.7 Å². The van der Waals surface area contributed by atoms with Gasteiger partial charge in [0.1, 0.15) is 5.82 Å². The zero-order valence-electron chi connectivity index (χ0n) is 22.6. The minimum atomic E-state index is -5.08. The molecule has 0 bridgehead atoms. The lowest BCUT2D eigenvalue weighted by molar-refractivity contribution is -0.192. The SMILES string of the molecule is CC(=O)c1cccc(C(=O)NCc2ccc(F)c(-c3cccc(CN4CCN[C@@H](C)C4)c3)c2)c1.O=C(O)C(F)(F)F. The minimum absolute atomic E-state index is 0.0912. The molecule has 0 aliphatic carbocycles. The lowest BCUT2D eigenvalue weighted by Crippen LogP contribution is -2.48. The summed E-state index contributed by atoms with van der Waals surface area (Å²) in [6, 6.07) is 20.0. The van der Waals surface area contributed by atoms with Crippen LogP contribution in [0.4, 0.5) is 17.6 Å². The molecule has 1 heterocycles. The average Bonchev–Trinajstić information content (AvgIpc) is 2.92. The maximum absolute atomic E-state index is 14.7. The molecule has 1 saturated heterocycles. The molecular formula is C30H31F4N3O4. The standard InChI is InChI=1S/C28H30FN3O2.C2HF3O2/c1-19-17-32(12-11-30-19)18-22-5-3-7-24(13-22)26-14-21(9-10-27(26)29)16-31-28(34)25-8-4-6-23(15-25)20(2)33;3-2(4,5)1(6)7/h3-10,13-15,19,30H,11-12,16-18H2,1-2H3,(H,31,34);(H,6,7)/t19-;/m0./s1. The van der Waals surface area contributed by atoms with Crippen LogP contribution in [0, 0.1) is 5.82 Å². The van der Waals surface area contributed by atoms with Gasteiger partial charge in [-0.3, -0.25) is 14.5 Å². The molecule has 1 aliphatic rings. The number of carbonyl (C=O) groups excluding carboxylic acids is 2. The molecule has 0 saturated carbocycles. The number of piperazine rings is 1. The van der Waals surface area contributed by atoms with E-state index in [2.05, 4.69) is 28.5 Å². The molecule has 218 valence electrons. The molecule has 1 fully saturated rings. The molecule has 3 N–H and O–H groups in total. The second-order valence-electron chi connectivity index (χ2n) is 9.73. The third kappa shape index (κ3) is 9.51. The summed E-state index contributed by atoms with van der Waals surface area (Å²) in [5.74, 6) is -3.42. The first-order valence-electron chi connectivity index (χ1n) is 12.9. The zero-order chi connectivity index (χ0) is 30.2. The van der Waals surface area contributed by atoms with Gasteiger partial charge in [-0.2, -0.15) is 13.2 Å². The van der Waals surface area contributed by atoms with Gasteiger partial charge in [-0.15, -0.1) is 0 Å². The second-order valence-corrected chi connectivity index (χ2v) is 9.73. The van der Waals surface area contributed by atoms with Gasteiger partial charge in [0.05, 0.1) is 0 Å². The number of nitrogens with one attached hydrogen (secondary N) is 2. The Morgan fingerprint density at radius 3 is 2.34 bits per heavy atom. The Balaban J connectivity index is 0.000000587. The number of benzene rings is 3. The minimum Gasteiger partial charge on any atom is -0.475 e. The number of Topliss-reactive ketones (excluding diaryl/α,β-unsaturated/α-hetero) is 1. The van der Waals surface area contributed by atoms with E-state index in [4.69, 9.17) is 9.90 Å². The monoisotopic (exact) mass is 573 g/mol. The molecule has 0 spiro atoms. The predicted molar refractivity (Wildman–Crippen MR) is 146 cm³/mol. The Kier molecular flexibility index (Phi) is 10.7. The summed E-state index contributed by atoms with van der Waals surface area (Å²) < 4.78 is 46.5. The van der Waals surface area contributed by atoms with Crippen LogP contribution in [-0.2, 0) is 17.9 Å². The molecule has 0 aromatic heterocycles. The fourth-order valence-electron chi connectivity index (χ4n) is 4.32. The zero-order valence-corrected chi connectivity index (χ0v) is 22.6. The van der Waals surface area contributed by atoms with Crippen LogP contribution in [0.25, 0.3) is 11.1 Å². The number of halogens is 4. The van der Waals surface area contributed by atoms with Gasteiger partial charge in [0.15, 0.2) is 5.78 Å². The van der Waals surface area contributed by atoms with Crippen molar-refractivity contribution in [3.63, 3.8) is 0 Å². The van der Waals surface area contributed by atoms with Crippen molar-refractivity contribution in [2.45, 2.75) is 39.2 Å². The fraction of sp³-hybridized carbons (Fsp3) is 0.300. The van der Waals surface area contributed by atoms with Gasteiger partial charge in [-0.1, -0.05) is 36.4 Å². The number of ketones is 1. The molecule has 1 amide bonds. The van der Waals surface area contributed by atoms with Crippen LogP contribution in [0.15, 0.2) is 66.7 Å². The molecule has 7 nitrogen and oxygen atoms in total. The topological polar surface area (TPSA) is 98.7 Å². The summed E-state index contributed by atoms with van der Waals surface area (Å²) in [6.07, 6.45) is -5.08. The number of carbonyl (C=O) groups is 3. The lowest BCUT2D eigenvalue weighted by atomic mass is 10.00. The number of alkyl halides is 3. The molecule has 1 aliphatic heterocycles. The molecule has 1 atom stereocenters. The van der Waals surface area contributed by atoms with Crippen LogP contribution in [-0.4, -0.2) is 59.5 Å². The summed E-state index contributed by atoms with van der Waals surface area (Å²) in [6.45, 7) is 7.70. The fourth-order valence-corrected chi connectivity index (χ4v) is 4.32. The Bertz CT molecular complexity index is 1390. The van der Waals surface area contributed by atoms with Crippen LogP contribution >= 0.6 is 0 Å². The number of hydrogen-bond donors (Lipinski definition) is 3. The van der Waals surface area contributed by atoms with E-state index in [0.717, 1.165) is 42.9 Å². The number of nitrogens with zero attached hydrogens (tertiary/aromatic N) is 1. The van der Waals surface area contributed by atoms with Gasteiger partial charge >= 0.3 is 12.1 Å². The molecule has 0 radical (unpaired) electrons. The van der Waals surface area contributed by atoms with Crippen molar-refractivity contribution in [3.8, 4) is 11.1 Å². The summed E-state index contributed by atoms with van der Waals surface area (Å²) in [7, 11) is 0. The average molecular weight is 574 g/mol. The van der Waals surface area contributed by atoms with Crippen molar-refractivity contribution < 1.29 is 37.1 Å². The predicted octanol–water partition coefficient (Wildman–Crippen LogP) is 5.05. The van der Waals surface area contributed by atoms with E-state index in [1.54, 1.807) is 36.4 Å². The lowest BCUT2D eigenvalue weighted by Gasteiger charge is -2.31. The van der Waals surface area contributed by atoms with E-state index < -0.39 is 12.1 Å². The molecule has 11 heteroatoms. The number of rotatable bonds is 7. The van der Waals surface area contributed by atoms with E-state index in [1.165, 1.54) is 13.0 Å². The van der Waals surface area contributed by atoms with Crippen molar-refractivity contribution in [2.75, 3.05) is 19.6 Å². The Morgan fingerprint density at radius 1 is 1.00 bits per heavy atom.